The third kappa shape index (κ3) is 4.21. The highest BCUT2D eigenvalue weighted by molar-refractivity contribution is 9.10. The zero-order valence-corrected chi connectivity index (χ0v) is 13.3. The molecule has 1 saturated carbocycles. The molecule has 1 aliphatic carbocycles. The normalized spacial score (nSPS) is 20.4. The number of benzene rings is 1. The van der Waals surface area contributed by atoms with Crippen molar-refractivity contribution in [1.29, 1.82) is 0 Å². The van der Waals surface area contributed by atoms with E-state index in [1.165, 1.54) is 0 Å². The zero-order valence-electron chi connectivity index (χ0n) is 11.0. The van der Waals surface area contributed by atoms with Crippen LogP contribution in [-0.4, -0.2) is 18.4 Å². The van der Waals surface area contributed by atoms with Gasteiger partial charge in [0.05, 0.1) is 11.4 Å². The molecule has 0 radical (unpaired) electrons. The molecule has 1 aliphatic rings. The number of carbonyl (C=O) groups is 2. The zero-order chi connectivity index (χ0) is 14.7. The van der Waals surface area contributed by atoms with Crippen LogP contribution >= 0.6 is 27.5 Å². The molecule has 0 bridgehead atoms. The van der Waals surface area contributed by atoms with Crippen LogP contribution in [0.4, 0.5) is 0 Å². The molecule has 20 heavy (non-hydrogen) atoms. The summed E-state index contributed by atoms with van der Waals surface area (Å²) in [5.74, 6) is 0.503. The number of amides is 1. The summed E-state index contributed by atoms with van der Waals surface area (Å²) in [7, 11) is 0. The fourth-order valence-electron chi connectivity index (χ4n) is 1.84. The molecule has 0 aromatic heterocycles. The molecule has 1 amide bonds. The Hall–Kier alpha value is -1.07. The van der Waals surface area contributed by atoms with Gasteiger partial charge in [0.15, 0.2) is 0 Å². The Bertz CT molecular complexity index is 535. The molecular formula is C14H15BrClNO3. The first-order valence-corrected chi connectivity index (χ1v) is 7.58. The van der Waals surface area contributed by atoms with Crippen molar-refractivity contribution in [3.05, 3.63) is 27.7 Å². The summed E-state index contributed by atoms with van der Waals surface area (Å²) < 4.78 is 5.95. The highest BCUT2D eigenvalue weighted by Gasteiger charge is 2.38. The van der Waals surface area contributed by atoms with Gasteiger partial charge in [0.25, 0.3) is 0 Å². The van der Waals surface area contributed by atoms with E-state index in [0.717, 1.165) is 10.9 Å². The van der Waals surface area contributed by atoms with Gasteiger partial charge in [0.1, 0.15) is 5.75 Å². The smallest absolute Gasteiger partial charge is 0.313 e. The van der Waals surface area contributed by atoms with Gasteiger partial charge in [-0.05, 0) is 30.5 Å². The highest BCUT2D eigenvalue weighted by Crippen LogP contribution is 2.37. The van der Waals surface area contributed by atoms with Gasteiger partial charge in [-0.3, -0.25) is 9.59 Å². The van der Waals surface area contributed by atoms with Crippen LogP contribution in [0.1, 0.15) is 19.8 Å². The quantitative estimate of drug-likeness (QED) is 0.648. The first-order valence-electron chi connectivity index (χ1n) is 6.41. The molecule has 6 heteroatoms. The summed E-state index contributed by atoms with van der Waals surface area (Å²) in [5, 5.41) is 3.10. The number of hydrogen-bond donors (Lipinski definition) is 1. The Balaban J connectivity index is 1.73. The number of nitrogens with one attached hydrogen (secondary N) is 1. The summed E-state index contributed by atoms with van der Waals surface area (Å²) >= 11 is 9.22. The lowest BCUT2D eigenvalue weighted by Crippen LogP contribution is -2.28. The van der Waals surface area contributed by atoms with E-state index < -0.39 is 5.97 Å². The number of rotatable bonds is 5. The predicted molar refractivity (Wildman–Crippen MR) is 79.7 cm³/mol. The largest absolute Gasteiger partial charge is 0.425 e. The van der Waals surface area contributed by atoms with Crippen LogP contribution in [0.15, 0.2) is 22.7 Å². The van der Waals surface area contributed by atoms with Gasteiger partial charge in [-0.2, -0.15) is 0 Å². The monoisotopic (exact) mass is 359 g/mol. The molecule has 2 rings (SSSR count). The average molecular weight is 361 g/mol. The van der Waals surface area contributed by atoms with Gasteiger partial charge in [-0.1, -0.05) is 34.5 Å². The summed E-state index contributed by atoms with van der Waals surface area (Å²) in [6.07, 6.45) is 1.06. The van der Waals surface area contributed by atoms with E-state index in [4.69, 9.17) is 16.3 Å². The predicted octanol–water partition coefficient (Wildman–Crippen LogP) is 3.17. The standard InChI is InChI=1S/C14H15BrClNO3/c1-8-6-10(8)14(19)17-5-4-13(18)20-12-3-2-9(15)7-11(12)16/h2-3,7-8,10H,4-6H2,1H3,(H,17,19). The Morgan fingerprint density at radius 3 is 2.80 bits per heavy atom. The van der Waals surface area contributed by atoms with Crippen molar-refractivity contribution in [2.45, 2.75) is 19.8 Å². The molecule has 108 valence electrons. The number of esters is 1. The Kier molecular flexibility index (Phi) is 5.05. The van der Waals surface area contributed by atoms with Crippen molar-refractivity contribution >= 4 is 39.4 Å². The van der Waals surface area contributed by atoms with Gasteiger partial charge in [0, 0.05) is 16.9 Å². The van der Waals surface area contributed by atoms with Crippen molar-refractivity contribution in [2.24, 2.45) is 11.8 Å². The van der Waals surface area contributed by atoms with Crippen LogP contribution in [0.3, 0.4) is 0 Å². The van der Waals surface area contributed by atoms with Crippen molar-refractivity contribution in [3.8, 4) is 5.75 Å². The maximum atomic E-state index is 11.6. The third-order valence-corrected chi connectivity index (χ3v) is 3.98. The first kappa shape index (κ1) is 15.3. The van der Waals surface area contributed by atoms with E-state index in [2.05, 4.69) is 21.2 Å². The van der Waals surface area contributed by atoms with Crippen LogP contribution in [0.2, 0.25) is 5.02 Å². The molecule has 0 aliphatic heterocycles. The van der Waals surface area contributed by atoms with E-state index in [-0.39, 0.29) is 24.8 Å². The number of carbonyl (C=O) groups excluding carboxylic acids is 2. The minimum absolute atomic E-state index is 0.0203. The Morgan fingerprint density at radius 1 is 1.50 bits per heavy atom. The topological polar surface area (TPSA) is 55.4 Å². The molecule has 1 N–H and O–H groups in total. The maximum absolute atomic E-state index is 11.6. The lowest BCUT2D eigenvalue weighted by molar-refractivity contribution is -0.134. The van der Waals surface area contributed by atoms with E-state index in [1.54, 1.807) is 18.2 Å². The van der Waals surface area contributed by atoms with Crippen molar-refractivity contribution in [1.82, 2.24) is 5.32 Å². The molecule has 1 aromatic rings. The first-order chi connectivity index (χ1) is 9.47. The molecule has 1 aromatic carbocycles. The van der Waals surface area contributed by atoms with Gasteiger partial charge >= 0.3 is 5.97 Å². The fourth-order valence-corrected chi connectivity index (χ4v) is 2.55. The van der Waals surface area contributed by atoms with E-state index >= 15 is 0 Å². The van der Waals surface area contributed by atoms with Crippen LogP contribution < -0.4 is 10.1 Å². The molecule has 0 spiro atoms. The molecule has 1 fully saturated rings. The summed E-state index contributed by atoms with van der Waals surface area (Å²) in [6.45, 7) is 2.32. The second-order valence-corrected chi connectivity index (χ2v) is 6.23. The number of hydrogen-bond acceptors (Lipinski definition) is 3. The maximum Gasteiger partial charge on any atom is 0.313 e. The van der Waals surface area contributed by atoms with Gasteiger partial charge in [-0.25, -0.2) is 0 Å². The second kappa shape index (κ2) is 6.59. The van der Waals surface area contributed by atoms with Crippen molar-refractivity contribution < 1.29 is 14.3 Å². The molecule has 2 unspecified atom stereocenters. The van der Waals surface area contributed by atoms with Crippen LogP contribution in [0.5, 0.6) is 5.75 Å². The molecular weight excluding hydrogens is 346 g/mol. The lowest BCUT2D eigenvalue weighted by atomic mass is 10.3. The average Bonchev–Trinajstić information content (AvgIpc) is 3.10. The van der Waals surface area contributed by atoms with Crippen LogP contribution in [0, 0.1) is 11.8 Å². The highest BCUT2D eigenvalue weighted by atomic mass is 79.9. The second-order valence-electron chi connectivity index (χ2n) is 4.91. The van der Waals surface area contributed by atoms with E-state index in [9.17, 15) is 9.59 Å². The third-order valence-electron chi connectivity index (χ3n) is 3.19. The Morgan fingerprint density at radius 2 is 2.20 bits per heavy atom. The minimum atomic E-state index is -0.418. The van der Waals surface area contributed by atoms with E-state index in [1.807, 2.05) is 6.92 Å². The van der Waals surface area contributed by atoms with Gasteiger partial charge < -0.3 is 10.1 Å². The number of ether oxygens (including phenoxy) is 1. The number of halogens is 2. The summed E-state index contributed by atoms with van der Waals surface area (Å²) in [6, 6.07) is 5.01. The summed E-state index contributed by atoms with van der Waals surface area (Å²) in [4.78, 5) is 23.2. The van der Waals surface area contributed by atoms with E-state index in [0.29, 0.717) is 16.7 Å². The molecule has 4 nitrogen and oxygen atoms in total. The Labute approximate surface area is 131 Å². The van der Waals surface area contributed by atoms with Gasteiger partial charge in [0.2, 0.25) is 5.91 Å². The fraction of sp³-hybridized carbons (Fsp3) is 0.429. The SMILES string of the molecule is CC1CC1C(=O)NCCC(=O)Oc1ccc(Br)cc1Cl. The van der Waals surface area contributed by atoms with Crippen molar-refractivity contribution in [3.63, 3.8) is 0 Å². The summed E-state index contributed by atoms with van der Waals surface area (Å²) in [5.41, 5.74) is 0. The lowest BCUT2D eigenvalue weighted by Gasteiger charge is -2.07. The molecule has 0 heterocycles. The van der Waals surface area contributed by atoms with Crippen molar-refractivity contribution in [2.75, 3.05) is 6.54 Å². The van der Waals surface area contributed by atoms with Crippen LogP contribution in [-0.2, 0) is 9.59 Å². The van der Waals surface area contributed by atoms with Gasteiger partial charge in [-0.15, -0.1) is 0 Å². The molecule has 0 saturated heterocycles. The van der Waals surface area contributed by atoms with Crippen LogP contribution in [0.25, 0.3) is 0 Å². The molecule has 2 atom stereocenters. The minimum Gasteiger partial charge on any atom is -0.425 e.